The van der Waals surface area contributed by atoms with Crippen LogP contribution in [0.1, 0.15) is 12.8 Å². The second kappa shape index (κ2) is 10.0. The molecule has 0 saturated heterocycles. The van der Waals surface area contributed by atoms with Crippen LogP contribution in [0.2, 0.25) is 0 Å². The number of methoxy groups -OCH3 is 1. The summed E-state index contributed by atoms with van der Waals surface area (Å²) in [5, 5.41) is 11.3. The number of benzene rings is 1. The number of nitrogens with zero attached hydrogens (tertiary/aromatic N) is 1. The van der Waals surface area contributed by atoms with E-state index < -0.39 is 5.97 Å². The zero-order valence-corrected chi connectivity index (χ0v) is 13.0. The number of hydrogen-bond donors (Lipinski definition) is 2. The number of rotatable bonds is 8. The molecule has 0 atom stereocenters. The largest absolute Gasteiger partial charge is 0.497 e. The highest BCUT2D eigenvalue weighted by Crippen LogP contribution is 2.16. The maximum Gasteiger partial charge on any atom is 0.304 e. The molecule has 0 bridgehead atoms. The average molecular weight is 317 g/mol. The maximum absolute atomic E-state index is 11.8. The van der Waals surface area contributed by atoms with Gasteiger partial charge >= 0.3 is 5.97 Å². The predicted octanol–water partition coefficient (Wildman–Crippen LogP) is 1.85. The Morgan fingerprint density at radius 2 is 1.95 bits per heavy atom. The molecule has 1 rings (SSSR count). The van der Waals surface area contributed by atoms with Gasteiger partial charge in [-0.2, -0.15) is 0 Å². The van der Waals surface area contributed by atoms with E-state index in [0.717, 1.165) is 0 Å². The molecule has 7 heteroatoms. The predicted molar refractivity (Wildman–Crippen MR) is 83.2 cm³/mol. The van der Waals surface area contributed by atoms with Crippen molar-refractivity contribution in [1.82, 2.24) is 4.90 Å². The monoisotopic (exact) mass is 316 g/mol. The number of anilines is 1. The van der Waals surface area contributed by atoms with Crippen molar-refractivity contribution in [3.8, 4) is 5.75 Å². The first kappa shape index (κ1) is 19.2. The third-order valence-corrected chi connectivity index (χ3v) is 2.78. The molecule has 0 unspecified atom stereocenters. The SMILES string of the molecule is COc1cccc(NC(=O)CCN(C)CCC(=O)O)c1.Cl. The second-order valence-corrected chi connectivity index (χ2v) is 4.48. The summed E-state index contributed by atoms with van der Waals surface area (Å²) in [6, 6.07) is 7.13. The Kier molecular flexibility index (Phi) is 9.16. The summed E-state index contributed by atoms with van der Waals surface area (Å²) < 4.78 is 5.07. The molecular formula is C14H21ClN2O4. The van der Waals surface area contributed by atoms with Gasteiger partial charge in [-0.05, 0) is 19.2 Å². The summed E-state index contributed by atoms with van der Waals surface area (Å²) in [6.07, 6.45) is 0.390. The number of carbonyl (C=O) groups is 2. The van der Waals surface area contributed by atoms with Gasteiger partial charge in [0.1, 0.15) is 5.75 Å². The summed E-state index contributed by atoms with van der Waals surface area (Å²) in [5.41, 5.74) is 0.683. The first-order valence-corrected chi connectivity index (χ1v) is 6.35. The summed E-state index contributed by atoms with van der Waals surface area (Å²) in [4.78, 5) is 24.0. The summed E-state index contributed by atoms with van der Waals surface area (Å²) >= 11 is 0. The molecule has 0 aliphatic heterocycles. The van der Waals surface area contributed by atoms with Gasteiger partial charge in [0.25, 0.3) is 0 Å². The van der Waals surface area contributed by atoms with Crippen molar-refractivity contribution in [2.24, 2.45) is 0 Å². The van der Waals surface area contributed by atoms with Crippen LogP contribution in [0.5, 0.6) is 5.75 Å². The van der Waals surface area contributed by atoms with Crippen molar-refractivity contribution >= 4 is 30.0 Å². The van der Waals surface area contributed by atoms with E-state index in [2.05, 4.69) is 5.32 Å². The average Bonchev–Trinajstić information content (AvgIpc) is 2.43. The molecule has 118 valence electrons. The number of carbonyl (C=O) groups excluding carboxylic acids is 1. The van der Waals surface area contributed by atoms with Crippen molar-refractivity contribution in [1.29, 1.82) is 0 Å². The summed E-state index contributed by atoms with van der Waals surface area (Å²) in [7, 11) is 3.36. The zero-order valence-electron chi connectivity index (χ0n) is 12.2. The number of carboxylic acids is 1. The van der Waals surface area contributed by atoms with Crippen molar-refractivity contribution in [3.05, 3.63) is 24.3 Å². The molecule has 1 aromatic carbocycles. The zero-order chi connectivity index (χ0) is 15.0. The van der Waals surface area contributed by atoms with Crippen LogP contribution in [-0.4, -0.2) is 49.1 Å². The first-order valence-electron chi connectivity index (χ1n) is 6.35. The standard InChI is InChI=1S/C14H20N2O4.ClH/c1-16(9-7-14(18)19)8-6-13(17)15-11-4-3-5-12(10-11)20-2;/h3-5,10H,6-9H2,1-2H3,(H,15,17)(H,18,19);1H. The number of ether oxygens (including phenoxy) is 1. The fourth-order valence-corrected chi connectivity index (χ4v) is 1.62. The molecule has 1 aromatic rings. The first-order chi connectivity index (χ1) is 9.51. The Morgan fingerprint density at radius 3 is 2.57 bits per heavy atom. The van der Waals surface area contributed by atoms with Gasteiger partial charge in [0.05, 0.1) is 13.5 Å². The van der Waals surface area contributed by atoms with Crippen molar-refractivity contribution < 1.29 is 19.4 Å². The van der Waals surface area contributed by atoms with Crippen molar-refractivity contribution in [2.75, 3.05) is 32.6 Å². The molecule has 0 aliphatic rings. The lowest BCUT2D eigenvalue weighted by molar-refractivity contribution is -0.137. The molecule has 0 spiro atoms. The Morgan fingerprint density at radius 1 is 1.29 bits per heavy atom. The maximum atomic E-state index is 11.8. The van der Waals surface area contributed by atoms with Crippen LogP contribution in [0.4, 0.5) is 5.69 Å². The topological polar surface area (TPSA) is 78.9 Å². The Bertz CT molecular complexity index is 468. The molecule has 2 N–H and O–H groups in total. The van der Waals surface area contributed by atoms with E-state index >= 15 is 0 Å². The van der Waals surface area contributed by atoms with Gasteiger partial charge in [-0.25, -0.2) is 0 Å². The molecule has 0 aromatic heterocycles. The molecule has 0 saturated carbocycles. The number of aliphatic carboxylic acids is 1. The van der Waals surface area contributed by atoms with Crippen LogP contribution in [-0.2, 0) is 9.59 Å². The number of hydrogen-bond acceptors (Lipinski definition) is 4. The molecule has 0 heterocycles. The van der Waals surface area contributed by atoms with Gasteiger partial charge in [-0.15, -0.1) is 12.4 Å². The van der Waals surface area contributed by atoms with Crippen LogP contribution in [0.3, 0.4) is 0 Å². The molecule has 6 nitrogen and oxygen atoms in total. The van der Waals surface area contributed by atoms with E-state index in [9.17, 15) is 9.59 Å². The molecule has 0 radical (unpaired) electrons. The van der Waals surface area contributed by atoms with Crippen molar-refractivity contribution in [2.45, 2.75) is 12.8 Å². The van der Waals surface area contributed by atoms with E-state index in [0.29, 0.717) is 30.9 Å². The molecule has 21 heavy (non-hydrogen) atoms. The van der Waals surface area contributed by atoms with Crippen LogP contribution >= 0.6 is 12.4 Å². The minimum absolute atomic E-state index is 0. The van der Waals surface area contributed by atoms with Crippen LogP contribution in [0.15, 0.2) is 24.3 Å². The fraction of sp³-hybridized carbons (Fsp3) is 0.429. The Labute approximate surface area is 130 Å². The van der Waals surface area contributed by atoms with Crippen LogP contribution < -0.4 is 10.1 Å². The van der Waals surface area contributed by atoms with Gasteiger partial charge in [0.15, 0.2) is 0 Å². The molecule has 0 aliphatic carbocycles. The lowest BCUT2D eigenvalue weighted by Gasteiger charge is -2.15. The lowest BCUT2D eigenvalue weighted by Crippen LogP contribution is -2.26. The highest BCUT2D eigenvalue weighted by molar-refractivity contribution is 5.91. The Balaban J connectivity index is 0.00000400. The Hall–Kier alpha value is -1.79. The van der Waals surface area contributed by atoms with Gasteiger partial charge in [0, 0.05) is 31.3 Å². The second-order valence-electron chi connectivity index (χ2n) is 4.48. The summed E-state index contributed by atoms with van der Waals surface area (Å²) in [5.74, 6) is -0.264. The normalized spacial score (nSPS) is 9.86. The van der Waals surface area contributed by atoms with Gasteiger partial charge in [0.2, 0.25) is 5.91 Å². The highest BCUT2D eigenvalue weighted by atomic mass is 35.5. The van der Waals surface area contributed by atoms with Gasteiger partial charge < -0.3 is 20.1 Å². The number of nitrogens with one attached hydrogen (secondary N) is 1. The molecule has 1 amide bonds. The lowest BCUT2D eigenvalue weighted by atomic mass is 10.3. The summed E-state index contributed by atoms with van der Waals surface area (Å²) in [6.45, 7) is 0.949. The fourth-order valence-electron chi connectivity index (χ4n) is 1.62. The minimum Gasteiger partial charge on any atom is -0.497 e. The van der Waals surface area contributed by atoms with Crippen LogP contribution in [0.25, 0.3) is 0 Å². The van der Waals surface area contributed by atoms with Crippen LogP contribution in [0, 0.1) is 0 Å². The molecule has 0 fully saturated rings. The quantitative estimate of drug-likeness (QED) is 0.765. The van der Waals surface area contributed by atoms with E-state index in [-0.39, 0.29) is 24.7 Å². The highest BCUT2D eigenvalue weighted by Gasteiger charge is 2.07. The van der Waals surface area contributed by atoms with E-state index in [1.54, 1.807) is 38.4 Å². The number of amides is 1. The van der Waals surface area contributed by atoms with E-state index in [1.807, 2.05) is 4.90 Å². The minimum atomic E-state index is -0.835. The smallest absolute Gasteiger partial charge is 0.304 e. The van der Waals surface area contributed by atoms with E-state index in [1.165, 1.54) is 0 Å². The van der Waals surface area contributed by atoms with Crippen molar-refractivity contribution in [3.63, 3.8) is 0 Å². The third kappa shape index (κ3) is 8.16. The molecular weight excluding hydrogens is 296 g/mol. The third-order valence-electron chi connectivity index (χ3n) is 2.78. The van der Waals surface area contributed by atoms with Gasteiger partial charge in [-0.3, -0.25) is 9.59 Å². The number of carboxylic acid groups (broad SMARTS) is 1. The van der Waals surface area contributed by atoms with E-state index in [4.69, 9.17) is 9.84 Å². The van der Waals surface area contributed by atoms with Gasteiger partial charge in [-0.1, -0.05) is 6.07 Å². The number of halogens is 1.